The van der Waals surface area contributed by atoms with Gasteiger partial charge in [0.2, 0.25) is 0 Å². The lowest BCUT2D eigenvalue weighted by Crippen LogP contribution is -2.16. The van der Waals surface area contributed by atoms with E-state index < -0.39 is 5.17 Å². The number of thiocarbonyl (C=S) groups is 2. The number of nitrogens with zero attached hydrogens (tertiary/aromatic N) is 1. The highest BCUT2D eigenvalue weighted by molar-refractivity contribution is 7.80. The van der Waals surface area contributed by atoms with Gasteiger partial charge in [-0.05, 0) is 36.6 Å². The number of halogens is 1. The van der Waals surface area contributed by atoms with Crippen molar-refractivity contribution in [2.45, 2.75) is 0 Å². The molecular weight excluding hydrogens is 298 g/mol. The summed E-state index contributed by atoms with van der Waals surface area (Å²) in [7, 11) is 0. The van der Waals surface area contributed by atoms with E-state index in [1.165, 1.54) is 6.20 Å². The van der Waals surface area contributed by atoms with Crippen LogP contribution in [0.5, 0.6) is 0 Å². The first-order valence-electron chi connectivity index (χ1n) is 4.60. The number of ether oxygens (including phenoxy) is 1. The lowest BCUT2D eigenvalue weighted by Gasteiger charge is -2.07. The Morgan fingerprint density at radius 2 is 2.11 bits per heavy atom. The molecule has 1 heterocycles. The first-order chi connectivity index (χ1) is 8.45. The van der Waals surface area contributed by atoms with Crippen LogP contribution in [0.1, 0.15) is 0 Å². The lowest BCUT2D eigenvalue weighted by molar-refractivity contribution is 0.197. The van der Waals surface area contributed by atoms with Crippen molar-refractivity contribution in [3.63, 3.8) is 0 Å². The molecule has 0 aliphatic heterocycles. The van der Waals surface area contributed by atoms with Gasteiger partial charge in [0, 0.05) is 6.20 Å². The van der Waals surface area contributed by atoms with Crippen LogP contribution in [0.25, 0.3) is 0 Å². The average molecular weight is 310 g/mol. The van der Waals surface area contributed by atoms with Crippen LogP contribution < -0.4 is 11.1 Å². The molecule has 9 heteroatoms. The molecule has 0 aliphatic carbocycles. The standard InChI is InChI=1S/C8H9ClN2O2S.CH3NOS/c9-6-1-2-7(10-5-6)11-8(14)13-4-3-12;2-1(3)4/h1-2,5,12H,3-4H2,(H,10,11,14);(H3,2,3,4). The number of aliphatic hydroxyl groups excluding tert-OH is 2. The summed E-state index contributed by atoms with van der Waals surface area (Å²) in [5.74, 6) is 0.553. The van der Waals surface area contributed by atoms with Gasteiger partial charge in [-0.2, -0.15) is 0 Å². The minimum atomic E-state index is -0.500. The first kappa shape index (κ1) is 16.8. The summed E-state index contributed by atoms with van der Waals surface area (Å²) in [5.41, 5.74) is 4.40. The Morgan fingerprint density at radius 1 is 1.50 bits per heavy atom. The molecule has 0 bridgehead atoms. The van der Waals surface area contributed by atoms with Crippen LogP contribution in [0.3, 0.4) is 0 Å². The smallest absolute Gasteiger partial charge is 0.262 e. The fourth-order valence-corrected chi connectivity index (χ4v) is 1.03. The van der Waals surface area contributed by atoms with Crippen LogP contribution >= 0.6 is 36.0 Å². The number of anilines is 1. The summed E-state index contributed by atoms with van der Waals surface area (Å²) in [6, 6.07) is 3.36. The van der Waals surface area contributed by atoms with Gasteiger partial charge in [0.25, 0.3) is 10.3 Å². The van der Waals surface area contributed by atoms with Gasteiger partial charge in [0.1, 0.15) is 12.4 Å². The summed E-state index contributed by atoms with van der Waals surface area (Å²) in [5, 5.41) is 19.0. The van der Waals surface area contributed by atoms with E-state index in [1.54, 1.807) is 12.1 Å². The molecular formula is C9H12ClN3O3S2. The SMILES string of the molecule is NC(O)=S.OCCOC(=S)Nc1ccc(Cl)cn1. The van der Waals surface area contributed by atoms with E-state index in [4.69, 9.17) is 38.8 Å². The molecule has 0 radical (unpaired) electrons. The molecule has 18 heavy (non-hydrogen) atoms. The van der Waals surface area contributed by atoms with E-state index in [0.717, 1.165) is 0 Å². The molecule has 100 valence electrons. The minimum Gasteiger partial charge on any atom is -0.487 e. The van der Waals surface area contributed by atoms with Crippen molar-refractivity contribution >= 4 is 52.2 Å². The quantitative estimate of drug-likeness (QED) is 0.619. The molecule has 0 fully saturated rings. The fourth-order valence-electron chi connectivity index (χ4n) is 0.729. The number of pyridine rings is 1. The molecule has 0 spiro atoms. The highest BCUT2D eigenvalue weighted by Crippen LogP contribution is 2.09. The zero-order valence-electron chi connectivity index (χ0n) is 9.17. The van der Waals surface area contributed by atoms with E-state index in [-0.39, 0.29) is 18.4 Å². The molecule has 0 saturated carbocycles. The van der Waals surface area contributed by atoms with E-state index in [1.807, 2.05) is 0 Å². The maximum Gasteiger partial charge on any atom is 0.262 e. The zero-order valence-corrected chi connectivity index (χ0v) is 11.6. The third-order valence-corrected chi connectivity index (χ3v) is 1.73. The molecule has 0 amide bonds. The van der Waals surface area contributed by atoms with Gasteiger partial charge in [0.05, 0.1) is 11.6 Å². The number of nitrogens with two attached hydrogens (primary N) is 1. The molecule has 5 N–H and O–H groups in total. The third-order valence-electron chi connectivity index (χ3n) is 1.28. The highest BCUT2D eigenvalue weighted by Gasteiger charge is 1.98. The lowest BCUT2D eigenvalue weighted by atomic mass is 10.5. The van der Waals surface area contributed by atoms with Gasteiger partial charge in [-0.15, -0.1) is 0 Å². The van der Waals surface area contributed by atoms with Crippen LogP contribution in [0, 0.1) is 0 Å². The van der Waals surface area contributed by atoms with Gasteiger partial charge in [-0.1, -0.05) is 11.6 Å². The van der Waals surface area contributed by atoms with Gasteiger partial charge in [-0.25, -0.2) is 4.98 Å². The Morgan fingerprint density at radius 3 is 2.56 bits per heavy atom. The third kappa shape index (κ3) is 9.97. The van der Waals surface area contributed by atoms with E-state index in [2.05, 4.69) is 28.3 Å². The second kappa shape index (κ2) is 9.77. The van der Waals surface area contributed by atoms with Crippen LogP contribution in [-0.4, -0.2) is 38.8 Å². The zero-order chi connectivity index (χ0) is 14.0. The molecule has 1 aromatic heterocycles. The van der Waals surface area contributed by atoms with E-state index in [0.29, 0.717) is 10.8 Å². The summed E-state index contributed by atoms with van der Waals surface area (Å²) >= 11 is 14.3. The molecule has 6 nitrogen and oxygen atoms in total. The second-order valence-electron chi connectivity index (χ2n) is 2.68. The molecule has 0 atom stereocenters. The van der Waals surface area contributed by atoms with Crippen LogP contribution in [-0.2, 0) is 4.74 Å². The Labute approximate surface area is 120 Å². The van der Waals surface area contributed by atoms with Crippen LogP contribution in [0.15, 0.2) is 18.3 Å². The number of hydrogen-bond donors (Lipinski definition) is 4. The Bertz CT molecular complexity index is 385. The van der Waals surface area contributed by atoms with E-state index in [9.17, 15) is 0 Å². The fraction of sp³-hybridized carbons (Fsp3) is 0.222. The first-order valence-corrected chi connectivity index (χ1v) is 5.79. The molecule has 1 aromatic rings. The van der Waals surface area contributed by atoms with Gasteiger partial charge >= 0.3 is 0 Å². The normalized spacial score (nSPS) is 8.78. The molecule has 0 unspecified atom stereocenters. The Hall–Kier alpha value is -1.22. The second-order valence-corrected chi connectivity index (χ2v) is 3.91. The molecule has 1 rings (SSSR count). The maximum atomic E-state index is 8.47. The van der Waals surface area contributed by atoms with Crippen molar-refractivity contribution in [2.24, 2.45) is 5.73 Å². The van der Waals surface area contributed by atoms with Crippen molar-refractivity contribution in [2.75, 3.05) is 18.5 Å². The van der Waals surface area contributed by atoms with Crippen LogP contribution in [0.2, 0.25) is 5.02 Å². The average Bonchev–Trinajstić information content (AvgIpc) is 2.29. The maximum absolute atomic E-state index is 8.47. The number of aromatic nitrogens is 1. The van der Waals surface area contributed by atoms with Gasteiger partial charge < -0.3 is 26.0 Å². The van der Waals surface area contributed by atoms with Gasteiger partial charge in [-0.3, -0.25) is 0 Å². The van der Waals surface area contributed by atoms with E-state index >= 15 is 0 Å². The monoisotopic (exact) mass is 309 g/mol. The number of nitrogens with one attached hydrogen (secondary N) is 1. The topological polar surface area (TPSA) is 101 Å². The van der Waals surface area contributed by atoms with Crippen molar-refractivity contribution in [1.29, 1.82) is 0 Å². The number of rotatable bonds is 3. The summed E-state index contributed by atoms with van der Waals surface area (Å²) in [6.45, 7) is 0.0925. The largest absolute Gasteiger partial charge is 0.487 e. The molecule has 0 saturated heterocycles. The summed E-state index contributed by atoms with van der Waals surface area (Å²) < 4.78 is 4.92. The minimum absolute atomic E-state index is 0.0735. The van der Waals surface area contributed by atoms with Crippen molar-refractivity contribution < 1.29 is 14.9 Å². The van der Waals surface area contributed by atoms with Crippen molar-refractivity contribution in [3.05, 3.63) is 23.4 Å². The Balaban J connectivity index is 0.000000631. The molecule has 0 aromatic carbocycles. The Kier molecular flexibility index (Phi) is 9.11. The van der Waals surface area contributed by atoms with Gasteiger partial charge in [0.15, 0.2) is 0 Å². The number of hydrogen-bond acceptors (Lipinski definition) is 5. The van der Waals surface area contributed by atoms with Crippen molar-refractivity contribution in [3.8, 4) is 0 Å². The van der Waals surface area contributed by atoms with Crippen LogP contribution in [0.4, 0.5) is 5.82 Å². The summed E-state index contributed by atoms with van der Waals surface area (Å²) in [4.78, 5) is 3.95. The predicted octanol–water partition coefficient (Wildman–Crippen LogP) is 1.23. The molecule has 0 aliphatic rings. The number of aliphatic hydroxyl groups is 2. The predicted molar refractivity (Wildman–Crippen MR) is 77.9 cm³/mol. The highest BCUT2D eigenvalue weighted by atomic mass is 35.5. The van der Waals surface area contributed by atoms with Crippen molar-refractivity contribution in [1.82, 2.24) is 4.98 Å². The summed E-state index contributed by atoms with van der Waals surface area (Å²) in [6.07, 6.45) is 1.50.